The Labute approximate surface area is 173 Å². The quantitative estimate of drug-likeness (QED) is 0.583. The van der Waals surface area contributed by atoms with E-state index in [2.05, 4.69) is 17.3 Å². The zero-order valence-electron chi connectivity index (χ0n) is 16.7. The van der Waals surface area contributed by atoms with Crippen molar-refractivity contribution in [1.82, 2.24) is 9.47 Å². The molecule has 1 aliphatic rings. The van der Waals surface area contributed by atoms with Crippen molar-refractivity contribution in [3.8, 4) is 11.1 Å². The average Bonchev–Trinajstić information content (AvgIpc) is 3.11. The number of carbonyl (C=O) groups is 1. The van der Waals surface area contributed by atoms with Crippen molar-refractivity contribution in [3.63, 3.8) is 0 Å². The molecule has 1 N–H and O–H groups in total. The van der Waals surface area contributed by atoms with Gasteiger partial charge in [0.15, 0.2) is 0 Å². The molecule has 2 heterocycles. The van der Waals surface area contributed by atoms with Gasteiger partial charge in [-0.3, -0.25) is 4.79 Å². The van der Waals surface area contributed by atoms with E-state index in [1.54, 1.807) is 30.3 Å². The lowest BCUT2D eigenvalue weighted by molar-refractivity contribution is -0.139. The number of anilines is 1. The van der Waals surface area contributed by atoms with Gasteiger partial charge in [-0.1, -0.05) is 18.2 Å². The molecular weight excluding hydrogens is 391 g/mol. The molecular formula is C23H24F3N3O. The van der Waals surface area contributed by atoms with Crippen LogP contribution >= 0.6 is 0 Å². The van der Waals surface area contributed by atoms with Crippen LogP contribution < -0.4 is 5.32 Å². The highest BCUT2D eigenvalue weighted by atomic mass is 19.4. The molecule has 0 bridgehead atoms. The monoisotopic (exact) mass is 415 g/mol. The normalized spacial score (nSPS) is 16.1. The molecule has 1 aromatic heterocycles. The third-order valence-corrected chi connectivity index (χ3v) is 5.67. The van der Waals surface area contributed by atoms with Crippen molar-refractivity contribution in [1.29, 1.82) is 0 Å². The van der Waals surface area contributed by atoms with Gasteiger partial charge in [0.05, 0.1) is 5.52 Å². The predicted octanol–water partition coefficient (Wildman–Crippen LogP) is 5.19. The van der Waals surface area contributed by atoms with E-state index in [4.69, 9.17) is 0 Å². The summed E-state index contributed by atoms with van der Waals surface area (Å²) in [7, 11) is 2.09. The lowest BCUT2D eigenvalue weighted by Crippen LogP contribution is -2.36. The number of aromatic nitrogens is 1. The Bertz CT molecular complexity index is 1050. The second-order valence-electron chi connectivity index (χ2n) is 7.98. The number of piperidine rings is 1. The molecule has 0 unspecified atom stereocenters. The fourth-order valence-electron chi connectivity index (χ4n) is 4.08. The second-order valence-corrected chi connectivity index (χ2v) is 7.98. The molecule has 4 rings (SSSR count). The zero-order chi connectivity index (χ0) is 21.3. The minimum absolute atomic E-state index is 0.270. The molecule has 3 aromatic rings. The molecule has 0 aliphatic carbocycles. The summed E-state index contributed by atoms with van der Waals surface area (Å²) in [4.78, 5) is 13.5. The van der Waals surface area contributed by atoms with E-state index < -0.39 is 12.7 Å². The van der Waals surface area contributed by atoms with Gasteiger partial charge in [0.25, 0.3) is 0 Å². The number of benzene rings is 2. The van der Waals surface area contributed by atoms with Crippen molar-refractivity contribution < 1.29 is 18.0 Å². The molecule has 158 valence electrons. The van der Waals surface area contributed by atoms with Crippen molar-refractivity contribution in [2.45, 2.75) is 31.6 Å². The number of aldehydes is 1. The van der Waals surface area contributed by atoms with E-state index in [0.717, 1.165) is 54.4 Å². The Kier molecular flexibility index (Phi) is 5.56. The van der Waals surface area contributed by atoms with Crippen LogP contribution in [0.1, 0.15) is 23.2 Å². The number of alkyl halides is 3. The van der Waals surface area contributed by atoms with Crippen LogP contribution in [0.5, 0.6) is 0 Å². The smallest absolute Gasteiger partial charge is 0.382 e. The topological polar surface area (TPSA) is 37.3 Å². The minimum atomic E-state index is -4.30. The Hall–Kier alpha value is -2.80. The molecule has 1 aliphatic heterocycles. The maximum absolute atomic E-state index is 13.1. The van der Waals surface area contributed by atoms with Gasteiger partial charge in [-0.15, -0.1) is 0 Å². The number of hydrogen-bond donors (Lipinski definition) is 1. The second kappa shape index (κ2) is 8.14. The van der Waals surface area contributed by atoms with Crippen LogP contribution in [0.15, 0.2) is 48.7 Å². The highest BCUT2D eigenvalue weighted by molar-refractivity contribution is 5.97. The first-order valence-corrected chi connectivity index (χ1v) is 10.0. The molecule has 0 spiro atoms. The van der Waals surface area contributed by atoms with Gasteiger partial charge in [-0.05, 0) is 68.4 Å². The van der Waals surface area contributed by atoms with E-state index >= 15 is 0 Å². The summed E-state index contributed by atoms with van der Waals surface area (Å²) in [5, 5.41) is 4.34. The predicted molar refractivity (Wildman–Crippen MR) is 113 cm³/mol. The highest BCUT2D eigenvalue weighted by Crippen LogP contribution is 2.34. The van der Waals surface area contributed by atoms with Gasteiger partial charge in [0.1, 0.15) is 12.8 Å². The third kappa shape index (κ3) is 4.51. The van der Waals surface area contributed by atoms with Crippen molar-refractivity contribution in [2.75, 3.05) is 25.5 Å². The van der Waals surface area contributed by atoms with Gasteiger partial charge < -0.3 is 14.8 Å². The number of fused-ring (bicyclic) bond motifs is 1. The maximum atomic E-state index is 13.1. The van der Waals surface area contributed by atoms with Gasteiger partial charge in [-0.2, -0.15) is 13.2 Å². The Morgan fingerprint density at radius 1 is 1.10 bits per heavy atom. The van der Waals surface area contributed by atoms with Crippen LogP contribution in [0.3, 0.4) is 0 Å². The number of carbonyl (C=O) groups excluding carboxylic acids is 1. The van der Waals surface area contributed by atoms with Crippen molar-refractivity contribution >= 4 is 22.9 Å². The van der Waals surface area contributed by atoms with Gasteiger partial charge in [0, 0.05) is 28.9 Å². The first-order chi connectivity index (χ1) is 14.3. The summed E-state index contributed by atoms with van der Waals surface area (Å²) in [6.45, 7) is 0.927. The van der Waals surface area contributed by atoms with Crippen molar-refractivity contribution in [3.05, 3.63) is 54.2 Å². The van der Waals surface area contributed by atoms with Crippen LogP contribution in [0.25, 0.3) is 22.0 Å². The summed E-state index contributed by atoms with van der Waals surface area (Å²) < 4.78 is 40.5. The summed E-state index contributed by atoms with van der Waals surface area (Å²) >= 11 is 0. The van der Waals surface area contributed by atoms with Crippen molar-refractivity contribution in [2.24, 2.45) is 0 Å². The number of nitrogens with zero attached hydrogens (tertiary/aromatic N) is 2. The Balaban J connectivity index is 1.78. The summed E-state index contributed by atoms with van der Waals surface area (Å²) in [5.74, 6) is 0. The Morgan fingerprint density at radius 2 is 1.87 bits per heavy atom. The largest absolute Gasteiger partial charge is 0.406 e. The SMILES string of the molecule is CN1CCC(Nc2cc(-c3cccc(C=O)c3)cc3c2ccn3CC(F)(F)F)CC1. The molecule has 4 nitrogen and oxygen atoms in total. The minimum Gasteiger partial charge on any atom is -0.382 e. The van der Waals surface area contributed by atoms with Crippen LogP contribution in [0.2, 0.25) is 0 Å². The number of hydrogen-bond acceptors (Lipinski definition) is 3. The standard InChI is InChI=1S/C23H24F3N3O/c1-28-8-5-19(6-9-28)27-21-12-18(17-4-2-3-16(11-17)14-30)13-22-20(21)7-10-29(22)15-23(24,25)26/h2-4,7,10-14,19,27H,5-6,8-9,15H2,1H3. The summed E-state index contributed by atoms with van der Waals surface area (Å²) in [5.41, 5.74) is 3.46. The number of rotatable bonds is 5. The highest BCUT2D eigenvalue weighted by Gasteiger charge is 2.29. The lowest BCUT2D eigenvalue weighted by Gasteiger charge is -2.30. The fraction of sp³-hybridized carbons (Fsp3) is 0.348. The molecule has 0 saturated carbocycles. The molecule has 2 aromatic carbocycles. The number of halogens is 3. The van der Waals surface area contributed by atoms with Crippen LogP contribution in [0, 0.1) is 0 Å². The van der Waals surface area contributed by atoms with E-state index in [1.165, 1.54) is 10.8 Å². The maximum Gasteiger partial charge on any atom is 0.406 e. The Morgan fingerprint density at radius 3 is 2.57 bits per heavy atom. The van der Waals surface area contributed by atoms with E-state index in [0.29, 0.717) is 11.1 Å². The van der Waals surface area contributed by atoms with Crippen LogP contribution in [-0.2, 0) is 6.54 Å². The third-order valence-electron chi connectivity index (χ3n) is 5.67. The van der Waals surface area contributed by atoms with E-state index in [-0.39, 0.29) is 6.04 Å². The van der Waals surface area contributed by atoms with Crippen LogP contribution in [0.4, 0.5) is 18.9 Å². The average molecular weight is 415 g/mol. The van der Waals surface area contributed by atoms with Gasteiger partial charge >= 0.3 is 6.18 Å². The molecule has 0 amide bonds. The van der Waals surface area contributed by atoms with Gasteiger partial charge in [0.2, 0.25) is 0 Å². The van der Waals surface area contributed by atoms with Gasteiger partial charge in [-0.25, -0.2) is 0 Å². The zero-order valence-corrected chi connectivity index (χ0v) is 16.7. The molecule has 1 fully saturated rings. The molecule has 0 atom stereocenters. The first kappa shape index (κ1) is 20.5. The van der Waals surface area contributed by atoms with E-state index in [9.17, 15) is 18.0 Å². The summed E-state index contributed by atoms with van der Waals surface area (Å²) in [6, 6.07) is 12.9. The fourth-order valence-corrected chi connectivity index (χ4v) is 4.08. The lowest BCUT2D eigenvalue weighted by atomic mass is 9.99. The first-order valence-electron chi connectivity index (χ1n) is 10.0. The number of likely N-dealkylation sites (tertiary alicyclic amines) is 1. The molecule has 30 heavy (non-hydrogen) atoms. The number of nitrogens with one attached hydrogen (secondary N) is 1. The molecule has 7 heteroatoms. The summed E-state index contributed by atoms with van der Waals surface area (Å²) in [6.07, 6.45) is -0.0885. The molecule has 1 saturated heterocycles. The van der Waals surface area contributed by atoms with Crippen LogP contribution in [-0.4, -0.2) is 48.1 Å². The van der Waals surface area contributed by atoms with E-state index in [1.807, 2.05) is 12.1 Å². The molecule has 0 radical (unpaired) electrons.